The molecule has 9 heteroatoms. The summed E-state index contributed by atoms with van der Waals surface area (Å²) in [5.74, 6) is -0.285. The predicted octanol–water partition coefficient (Wildman–Crippen LogP) is 1.56. The van der Waals surface area contributed by atoms with Gasteiger partial charge in [-0.15, -0.1) is 12.4 Å². The molecular formula is C13H19ClFN3O3S. The van der Waals surface area contributed by atoms with Gasteiger partial charge in [0.25, 0.3) is 0 Å². The van der Waals surface area contributed by atoms with Crippen molar-refractivity contribution in [3.63, 3.8) is 0 Å². The third-order valence-corrected chi connectivity index (χ3v) is 3.55. The van der Waals surface area contributed by atoms with Crippen LogP contribution in [-0.2, 0) is 14.8 Å². The third kappa shape index (κ3) is 6.59. The summed E-state index contributed by atoms with van der Waals surface area (Å²) in [5, 5.41) is 5.62. The minimum Gasteiger partial charge on any atom is -0.325 e. The van der Waals surface area contributed by atoms with Gasteiger partial charge in [0, 0.05) is 5.69 Å². The summed E-state index contributed by atoms with van der Waals surface area (Å²) in [6.07, 6.45) is 3.33. The van der Waals surface area contributed by atoms with Crippen LogP contribution in [0.25, 0.3) is 0 Å². The van der Waals surface area contributed by atoms with Crippen LogP contribution >= 0.6 is 12.4 Å². The van der Waals surface area contributed by atoms with Gasteiger partial charge in [0.15, 0.2) is 0 Å². The van der Waals surface area contributed by atoms with Gasteiger partial charge in [0.2, 0.25) is 15.9 Å². The highest BCUT2D eigenvalue weighted by molar-refractivity contribution is 7.92. The van der Waals surface area contributed by atoms with Gasteiger partial charge in [0.1, 0.15) is 5.82 Å². The van der Waals surface area contributed by atoms with Gasteiger partial charge in [-0.05, 0) is 43.5 Å². The summed E-state index contributed by atoms with van der Waals surface area (Å²) in [7, 11) is -3.58. The number of rotatable bonds is 7. The number of hydrogen-bond donors (Lipinski definition) is 3. The maximum Gasteiger partial charge on any atom is 0.238 e. The molecule has 6 nitrogen and oxygen atoms in total. The van der Waals surface area contributed by atoms with Gasteiger partial charge < -0.3 is 10.6 Å². The molecule has 1 aromatic carbocycles. The van der Waals surface area contributed by atoms with E-state index in [2.05, 4.69) is 15.4 Å². The second-order valence-corrected chi connectivity index (χ2v) is 6.94. The third-order valence-electron chi connectivity index (χ3n) is 2.96. The quantitative estimate of drug-likeness (QED) is 0.695. The first kappa shape index (κ1) is 18.7. The van der Waals surface area contributed by atoms with Gasteiger partial charge in [-0.2, -0.15) is 0 Å². The van der Waals surface area contributed by atoms with Crippen molar-refractivity contribution >= 4 is 39.7 Å². The van der Waals surface area contributed by atoms with Crippen LogP contribution in [0.3, 0.4) is 0 Å². The molecule has 1 fully saturated rings. The average Bonchev–Trinajstić information content (AvgIpc) is 3.16. The monoisotopic (exact) mass is 351 g/mol. The predicted molar refractivity (Wildman–Crippen MR) is 86.3 cm³/mol. The van der Waals surface area contributed by atoms with E-state index in [1.54, 1.807) is 0 Å². The molecule has 0 radical (unpaired) electrons. The topological polar surface area (TPSA) is 87.3 Å². The fraction of sp³-hybridized carbons (Fsp3) is 0.462. The zero-order chi connectivity index (χ0) is 15.5. The van der Waals surface area contributed by atoms with Crippen molar-refractivity contribution in [3.8, 4) is 0 Å². The Bertz CT molecular complexity index is 635. The number of sulfonamides is 1. The Hall–Kier alpha value is -1.38. The molecule has 2 rings (SSSR count). The van der Waals surface area contributed by atoms with Crippen LogP contribution in [0, 0.1) is 11.7 Å². The van der Waals surface area contributed by atoms with Crippen molar-refractivity contribution in [2.75, 3.05) is 29.4 Å². The number of nitrogens with one attached hydrogen (secondary N) is 3. The van der Waals surface area contributed by atoms with E-state index in [-0.39, 0.29) is 30.5 Å². The summed E-state index contributed by atoms with van der Waals surface area (Å²) in [5.41, 5.74) is 0.141. The van der Waals surface area contributed by atoms with Crippen LogP contribution < -0.4 is 15.4 Å². The lowest BCUT2D eigenvalue weighted by Crippen LogP contribution is -2.29. The summed E-state index contributed by atoms with van der Waals surface area (Å²) in [6.45, 7) is 0.987. The van der Waals surface area contributed by atoms with E-state index < -0.39 is 15.8 Å². The maximum absolute atomic E-state index is 13.5. The minimum atomic E-state index is -3.58. The van der Waals surface area contributed by atoms with E-state index in [0.717, 1.165) is 18.9 Å². The molecule has 1 saturated carbocycles. The Morgan fingerprint density at radius 1 is 1.36 bits per heavy atom. The summed E-state index contributed by atoms with van der Waals surface area (Å²) in [4.78, 5) is 11.7. The molecule has 0 bridgehead atoms. The van der Waals surface area contributed by atoms with Gasteiger partial charge in [-0.25, -0.2) is 12.8 Å². The molecule has 1 aliphatic rings. The summed E-state index contributed by atoms with van der Waals surface area (Å²) >= 11 is 0. The van der Waals surface area contributed by atoms with Crippen LogP contribution in [0.1, 0.15) is 12.8 Å². The zero-order valence-corrected chi connectivity index (χ0v) is 13.7. The van der Waals surface area contributed by atoms with E-state index in [0.29, 0.717) is 11.6 Å². The number of amides is 1. The number of benzene rings is 1. The molecule has 0 aliphatic heterocycles. The van der Waals surface area contributed by atoms with Crippen molar-refractivity contribution in [2.24, 2.45) is 5.92 Å². The van der Waals surface area contributed by atoms with E-state index in [4.69, 9.17) is 0 Å². The SMILES string of the molecule is CS(=O)(=O)Nc1cc(NC(=O)CNCC2CC2)ccc1F.Cl. The lowest BCUT2D eigenvalue weighted by atomic mass is 10.2. The molecule has 1 amide bonds. The van der Waals surface area contributed by atoms with E-state index >= 15 is 0 Å². The Labute approximate surface area is 135 Å². The van der Waals surface area contributed by atoms with Crippen molar-refractivity contribution in [3.05, 3.63) is 24.0 Å². The van der Waals surface area contributed by atoms with Crippen LogP contribution in [0.4, 0.5) is 15.8 Å². The Balaban J connectivity index is 0.00000242. The first-order chi connectivity index (χ1) is 9.83. The van der Waals surface area contributed by atoms with Crippen LogP contribution in [0.5, 0.6) is 0 Å². The molecule has 0 unspecified atom stereocenters. The maximum atomic E-state index is 13.5. The van der Waals surface area contributed by atoms with Crippen LogP contribution in [0.15, 0.2) is 18.2 Å². The first-order valence-electron chi connectivity index (χ1n) is 6.61. The molecule has 124 valence electrons. The van der Waals surface area contributed by atoms with Crippen molar-refractivity contribution in [1.29, 1.82) is 0 Å². The Morgan fingerprint density at radius 2 is 2.05 bits per heavy atom. The Kier molecular flexibility index (Phi) is 6.58. The standard InChI is InChI=1S/C13H18FN3O3S.ClH/c1-21(19,20)17-12-6-10(4-5-11(12)14)16-13(18)8-15-7-9-2-3-9;/h4-6,9,15,17H,2-3,7-8H2,1H3,(H,16,18);1H. The van der Waals surface area contributed by atoms with Gasteiger partial charge in [-0.1, -0.05) is 0 Å². The number of halogens is 2. The molecule has 22 heavy (non-hydrogen) atoms. The van der Waals surface area contributed by atoms with Crippen LogP contribution in [-0.4, -0.2) is 33.7 Å². The molecule has 3 N–H and O–H groups in total. The number of hydrogen-bond acceptors (Lipinski definition) is 4. The number of carbonyl (C=O) groups is 1. The van der Waals surface area contributed by atoms with Crippen molar-refractivity contribution < 1.29 is 17.6 Å². The largest absolute Gasteiger partial charge is 0.325 e. The van der Waals surface area contributed by atoms with Gasteiger partial charge in [0.05, 0.1) is 18.5 Å². The number of anilines is 2. The molecule has 1 aliphatic carbocycles. The average molecular weight is 352 g/mol. The molecule has 0 atom stereocenters. The van der Waals surface area contributed by atoms with Crippen molar-refractivity contribution in [2.45, 2.75) is 12.8 Å². The highest BCUT2D eigenvalue weighted by Crippen LogP contribution is 2.27. The Morgan fingerprint density at radius 3 is 2.64 bits per heavy atom. The van der Waals surface area contributed by atoms with Crippen LogP contribution in [0.2, 0.25) is 0 Å². The first-order valence-corrected chi connectivity index (χ1v) is 8.50. The summed E-state index contributed by atoms with van der Waals surface area (Å²) in [6, 6.07) is 3.72. The molecule has 0 heterocycles. The highest BCUT2D eigenvalue weighted by Gasteiger charge is 2.20. The normalized spacial score (nSPS) is 14.1. The van der Waals surface area contributed by atoms with E-state index in [1.807, 2.05) is 0 Å². The second kappa shape index (κ2) is 7.75. The van der Waals surface area contributed by atoms with Gasteiger partial charge >= 0.3 is 0 Å². The smallest absolute Gasteiger partial charge is 0.238 e. The molecular weight excluding hydrogens is 333 g/mol. The van der Waals surface area contributed by atoms with Crippen molar-refractivity contribution in [1.82, 2.24) is 5.32 Å². The zero-order valence-electron chi connectivity index (χ0n) is 12.1. The minimum absolute atomic E-state index is 0. The molecule has 0 spiro atoms. The molecule has 1 aromatic rings. The molecule has 0 saturated heterocycles. The second-order valence-electron chi connectivity index (χ2n) is 5.19. The summed E-state index contributed by atoms with van der Waals surface area (Å²) < 4.78 is 37.8. The molecule has 0 aromatic heterocycles. The lowest BCUT2D eigenvalue weighted by Gasteiger charge is -2.10. The fourth-order valence-corrected chi connectivity index (χ4v) is 2.35. The fourth-order valence-electron chi connectivity index (χ4n) is 1.80. The van der Waals surface area contributed by atoms with E-state index in [9.17, 15) is 17.6 Å². The highest BCUT2D eigenvalue weighted by atomic mass is 35.5. The van der Waals surface area contributed by atoms with Gasteiger partial charge in [-0.3, -0.25) is 9.52 Å². The number of carbonyl (C=O) groups excluding carboxylic acids is 1. The lowest BCUT2D eigenvalue weighted by molar-refractivity contribution is -0.115. The van der Waals surface area contributed by atoms with E-state index in [1.165, 1.54) is 25.0 Å².